The Bertz CT molecular complexity index is 1510. The number of benzene rings is 2. The quantitative estimate of drug-likeness (QED) is 0.213. The molecular weight excluding hydrogens is 635 g/mol. The topological polar surface area (TPSA) is 83.0 Å². The van der Waals surface area contributed by atoms with Crippen LogP contribution in [0.1, 0.15) is 20.8 Å². The molecule has 0 saturated heterocycles. The molecule has 0 spiro atoms. The van der Waals surface area contributed by atoms with Crippen molar-refractivity contribution in [1.29, 1.82) is 0 Å². The van der Waals surface area contributed by atoms with Gasteiger partial charge in [-0.05, 0) is 35.3 Å². The van der Waals surface area contributed by atoms with Gasteiger partial charge in [0.2, 0.25) is 5.91 Å². The number of fused-ring (bicyclic) bond motifs is 1. The second kappa shape index (κ2) is 11.8. The lowest BCUT2D eigenvalue weighted by molar-refractivity contribution is -0.153. The van der Waals surface area contributed by atoms with Crippen LogP contribution in [0.15, 0.2) is 48.7 Å². The van der Waals surface area contributed by atoms with Crippen LogP contribution in [0.5, 0.6) is 5.75 Å². The molecule has 41 heavy (non-hydrogen) atoms. The van der Waals surface area contributed by atoms with Crippen molar-refractivity contribution in [3.8, 4) is 16.9 Å². The number of rotatable bonds is 7. The van der Waals surface area contributed by atoms with E-state index in [9.17, 15) is 27.2 Å². The van der Waals surface area contributed by atoms with Crippen LogP contribution in [0.3, 0.4) is 0 Å². The van der Waals surface area contributed by atoms with Crippen molar-refractivity contribution >= 4 is 76.2 Å². The average Bonchev–Trinajstić information content (AvgIpc) is 3.20. The molecule has 1 aliphatic heterocycles. The van der Waals surface area contributed by atoms with E-state index in [0.29, 0.717) is 0 Å². The number of likely N-dealkylation sites (N-methyl/N-ethyl adjacent to an activating group) is 1. The fourth-order valence-electron chi connectivity index (χ4n) is 4.32. The van der Waals surface area contributed by atoms with Gasteiger partial charge in [0.15, 0.2) is 10.3 Å². The van der Waals surface area contributed by atoms with Gasteiger partial charge in [-0.2, -0.15) is 13.2 Å². The van der Waals surface area contributed by atoms with E-state index in [2.05, 4.69) is 4.98 Å². The van der Waals surface area contributed by atoms with Gasteiger partial charge >= 0.3 is 13.0 Å². The summed E-state index contributed by atoms with van der Waals surface area (Å²) < 4.78 is 57.3. The zero-order chi connectivity index (χ0) is 30.3. The molecule has 0 aliphatic carbocycles. The molecule has 2 aromatic carbocycles. The minimum atomic E-state index is -4.77. The van der Waals surface area contributed by atoms with Crippen LogP contribution < -0.4 is 15.0 Å². The smallest absolute Gasteiger partial charge is 0.422 e. The van der Waals surface area contributed by atoms with E-state index >= 15 is 0 Å². The molecule has 4 rings (SSSR count). The number of anilines is 1. The molecule has 2 heterocycles. The van der Waals surface area contributed by atoms with E-state index in [4.69, 9.17) is 56.2 Å². The number of halogens is 8. The molecule has 16 heteroatoms. The largest absolute Gasteiger partial charge is 0.482 e. The second-order valence-electron chi connectivity index (χ2n) is 8.91. The molecule has 0 fully saturated rings. The number of carbonyl (C=O) groups excluding carboxylic acids is 2. The van der Waals surface area contributed by atoms with Gasteiger partial charge in [0.25, 0.3) is 5.91 Å². The third kappa shape index (κ3) is 6.51. The van der Waals surface area contributed by atoms with Crippen LogP contribution in [-0.2, 0) is 0 Å². The predicted molar refractivity (Wildman–Crippen MR) is 149 cm³/mol. The molecule has 216 valence electrons. The fourth-order valence-corrected chi connectivity index (χ4v) is 5.18. The summed E-state index contributed by atoms with van der Waals surface area (Å²) in [6.07, 6.45) is -3.58. The van der Waals surface area contributed by atoms with Crippen molar-refractivity contribution in [2.24, 2.45) is 0 Å². The highest BCUT2D eigenvalue weighted by molar-refractivity contribution is 7.05. The van der Waals surface area contributed by atoms with Crippen molar-refractivity contribution in [3.63, 3.8) is 0 Å². The maximum Gasteiger partial charge on any atom is 0.422 e. The Morgan fingerprint density at radius 3 is 2.51 bits per heavy atom. The van der Waals surface area contributed by atoms with E-state index in [1.165, 1.54) is 48.5 Å². The molecule has 2 amide bonds. The number of hydrogen-bond acceptors (Lipinski definition) is 5. The van der Waals surface area contributed by atoms with E-state index in [-0.39, 0.29) is 46.1 Å². The van der Waals surface area contributed by atoms with E-state index in [0.717, 1.165) is 16.9 Å². The molecule has 0 bridgehead atoms. The zero-order valence-electron chi connectivity index (χ0n) is 20.9. The minimum absolute atomic E-state index is 0.0215. The van der Waals surface area contributed by atoms with Crippen molar-refractivity contribution in [3.05, 3.63) is 70.8 Å². The van der Waals surface area contributed by atoms with E-state index in [1.807, 2.05) is 0 Å². The lowest BCUT2D eigenvalue weighted by atomic mass is 9.57. The monoisotopic (exact) mass is 651 g/mol. The second-order valence-corrected chi connectivity index (χ2v) is 11.7. The summed E-state index contributed by atoms with van der Waals surface area (Å²) >= 11 is 24.9. The number of aromatic nitrogens is 1. The van der Waals surface area contributed by atoms with Crippen LogP contribution in [0, 0.1) is 5.82 Å². The lowest BCUT2D eigenvalue weighted by Gasteiger charge is -2.29. The molecule has 3 aromatic rings. The minimum Gasteiger partial charge on any atom is -0.482 e. The number of amides is 2. The number of ether oxygens (including phenoxy) is 1. The normalized spacial score (nSPS) is 13.5. The highest BCUT2D eigenvalue weighted by Crippen LogP contribution is 2.43. The number of aliphatic hydroxyl groups excluding tert-OH is 1. The maximum absolute atomic E-state index is 14.7. The molecule has 1 aromatic heterocycles. The molecule has 7 nitrogen and oxygen atoms in total. The molecule has 0 unspecified atom stereocenters. The standard InChI is InChI=1S/C25H18BCl4F4N3O4/c1-36(7-8-38)22(39)18-10-14(16(27)11-35-18)13-5-6-19(20(9-13)41-12-24(32,33)34)37-23(40)21-15(3-2-4-17(21)31)26(37)25(28,29)30/h2-6,9-11,38H,7-8,12H2,1H3. The van der Waals surface area contributed by atoms with Gasteiger partial charge < -0.3 is 19.6 Å². The van der Waals surface area contributed by atoms with Crippen molar-refractivity contribution in [2.45, 2.75) is 9.87 Å². The van der Waals surface area contributed by atoms with Gasteiger partial charge in [-0.15, -0.1) is 0 Å². The van der Waals surface area contributed by atoms with Crippen molar-refractivity contribution < 1.29 is 37.0 Å². The Labute approximate surface area is 251 Å². The Balaban J connectivity index is 1.86. The first kappa shape index (κ1) is 31.2. The molecule has 1 aliphatic rings. The highest BCUT2D eigenvalue weighted by Gasteiger charge is 2.54. The van der Waals surface area contributed by atoms with Crippen LogP contribution >= 0.6 is 46.4 Å². The third-order valence-corrected chi connectivity index (χ3v) is 7.04. The number of aliphatic hydroxyl groups is 1. The average molecular weight is 653 g/mol. The summed E-state index contributed by atoms with van der Waals surface area (Å²) in [5.74, 6) is -2.87. The van der Waals surface area contributed by atoms with Gasteiger partial charge in [0.1, 0.15) is 17.3 Å². The van der Waals surface area contributed by atoms with Crippen LogP contribution in [0.25, 0.3) is 11.1 Å². The van der Waals surface area contributed by atoms with Crippen LogP contribution in [0.4, 0.5) is 23.2 Å². The number of hydrogen-bond donors (Lipinski definition) is 1. The van der Waals surface area contributed by atoms with E-state index < -0.39 is 52.3 Å². The lowest BCUT2D eigenvalue weighted by Crippen LogP contribution is -2.53. The first-order valence-corrected chi connectivity index (χ1v) is 13.2. The van der Waals surface area contributed by atoms with Gasteiger partial charge in [0.05, 0.1) is 22.9 Å². The number of carbonyl (C=O) groups is 2. The zero-order valence-corrected chi connectivity index (χ0v) is 23.9. The Morgan fingerprint density at radius 2 is 1.88 bits per heavy atom. The van der Waals surface area contributed by atoms with Gasteiger partial charge in [-0.3, -0.25) is 9.59 Å². The van der Waals surface area contributed by atoms with Crippen LogP contribution in [-0.4, -0.2) is 70.3 Å². The molecule has 0 radical (unpaired) electrons. The van der Waals surface area contributed by atoms with E-state index in [1.54, 1.807) is 0 Å². The van der Waals surface area contributed by atoms with Gasteiger partial charge in [0, 0.05) is 25.4 Å². The Morgan fingerprint density at radius 1 is 1.17 bits per heavy atom. The summed E-state index contributed by atoms with van der Waals surface area (Å²) in [5.41, 5.74) is -0.280. The maximum atomic E-state index is 14.7. The van der Waals surface area contributed by atoms with Crippen LogP contribution in [0.2, 0.25) is 5.02 Å². The summed E-state index contributed by atoms with van der Waals surface area (Å²) in [7, 11) is 1.45. The fraction of sp³-hybridized carbons (Fsp3) is 0.240. The summed E-state index contributed by atoms with van der Waals surface area (Å²) in [6, 6.07) is 8.82. The highest BCUT2D eigenvalue weighted by atomic mass is 35.6. The van der Waals surface area contributed by atoms with Crippen molar-refractivity contribution in [2.75, 3.05) is 31.6 Å². The first-order valence-electron chi connectivity index (χ1n) is 11.7. The summed E-state index contributed by atoms with van der Waals surface area (Å²) in [4.78, 5) is 32.2. The number of alkyl halides is 6. The van der Waals surface area contributed by atoms with Gasteiger partial charge in [-0.1, -0.05) is 64.6 Å². The Kier molecular flexibility index (Phi) is 9.01. The van der Waals surface area contributed by atoms with Crippen molar-refractivity contribution in [1.82, 2.24) is 9.88 Å². The summed E-state index contributed by atoms with van der Waals surface area (Å²) in [5, 5.41) is 9.17. The molecule has 0 saturated carbocycles. The third-order valence-electron chi connectivity index (χ3n) is 6.12. The Hall–Kier alpha value is -2.77. The molecule has 0 atom stereocenters. The molecular formula is C25H18BCl4F4N3O4. The van der Waals surface area contributed by atoms with Gasteiger partial charge in [-0.25, -0.2) is 9.37 Å². The summed E-state index contributed by atoms with van der Waals surface area (Å²) in [6.45, 7) is -3.42. The molecule has 1 N–H and O–H groups in total. The number of nitrogens with zero attached hydrogens (tertiary/aromatic N) is 3. The SMILES string of the molecule is CN(CCO)C(=O)c1cc(-c2ccc(N3B(C(Cl)(Cl)Cl)c4cccc(F)c4C3=O)c(OCC(F)(F)F)c2)c(Cl)cn1. The predicted octanol–water partition coefficient (Wildman–Crippen LogP) is 5.31. The number of pyridine rings is 1. The first-order chi connectivity index (χ1) is 19.1.